The lowest BCUT2D eigenvalue weighted by Gasteiger charge is -2.28. The molecule has 1 unspecified atom stereocenters. The van der Waals surface area contributed by atoms with Gasteiger partial charge in [-0.3, -0.25) is 14.7 Å². The number of benzene rings is 1. The Labute approximate surface area is 164 Å². The Hall–Kier alpha value is -2.08. The van der Waals surface area contributed by atoms with Gasteiger partial charge in [-0.15, -0.1) is 0 Å². The van der Waals surface area contributed by atoms with E-state index >= 15 is 0 Å². The molecule has 6 heteroatoms. The predicted molar refractivity (Wildman–Crippen MR) is 112 cm³/mol. The first-order valence-electron chi connectivity index (χ1n) is 9.79. The molecule has 1 heterocycles. The van der Waals surface area contributed by atoms with Crippen molar-refractivity contribution in [2.45, 2.75) is 51.7 Å². The van der Waals surface area contributed by atoms with Crippen LogP contribution in [0.5, 0.6) is 0 Å². The lowest BCUT2D eigenvalue weighted by Crippen LogP contribution is -2.50. The molecule has 0 spiro atoms. The topological polar surface area (TPSA) is 60.0 Å². The van der Waals surface area contributed by atoms with Gasteiger partial charge in [0.2, 0.25) is 5.91 Å². The maximum Gasteiger partial charge on any atom is 0.240 e. The normalized spacial score (nSPS) is 18.4. The van der Waals surface area contributed by atoms with Gasteiger partial charge in [0.15, 0.2) is 5.96 Å². The van der Waals surface area contributed by atoms with Crippen LogP contribution in [-0.2, 0) is 11.3 Å². The van der Waals surface area contributed by atoms with Crippen molar-refractivity contribution in [2.24, 2.45) is 4.99 Å². The summed E-state index contributed by atoms with van der Waals surface area (Å²) in [6, 6.07) is 11.1. The summed E-state index contributed by atoms with van der Waals surface area (Å²) in [5.74, 6) is 0.755. The highest BCUT2D eigenvalue weighted by Gasteiger charge is 2.25. The van der Waals surface area contributed by atoms with Crippen molar-refractivity contribution in [1.82, 2.24) is 20.4 Å². The fourth-order valence-corrected chi connectivity index (χ4v) is 3.49. The Morgan fingerprint density at radius 3 is 2.63 bits per heavy atom. The van der Waals surface area contributed by atoms with E-state index in [2.05, 4.69) is 50.9 Å². The Kier molecular flexibility index (Phi) is 7.66. The van der Waals surface area contributed by atoms with E-state index in [9.17, 15) is 4.79 Å². The number of likely N-dealkylation sites (tertiary alicyclic amines) is 1. The van der Waals surface area contributed by atoms with Gasteiger partial charge in [-0.25, -0.2) is 0 Å². The summed E-state index contributed by atoms with van der Waals surface area (Å²) < 4.78 is 0. The molecular formula is C21H35N5O. The number of rotatable bonds is 6. The van der Waals surface area contributed by atoms with E-state index in [-0.39, 0.29) is 18.0 Å². The van der Waals surface area contributed by atoms with Crippen molar-refractivity contribution in [2.75, 3.05) is 33.7 Å². The van der Waals surface area contributed by atoms with Crippen LogP contribution in [0.15, 0.2) is 35.3 Å². The van der Waals surface area contributed by atoms with Crippen LogP contribution >= 0.6 is 0 Å². The summed E-state index contributed by atoms with van der Waals surface area (Å²) in [6.07, 6.45) is 2.41. The van der Waals surface area contributed by atoms with Gasteiger partial charge in [0.25, 0.3) is 0 Å². The summed E-state index contributed by atoms with van der Waals surface area (Å²) in [4.78, 5) is 20.9. The Bertz CT molecular complexity index is 623. The third kappa shape index (κ3) is 7.21. The Balaban J connectivity index is 1.84. The van der Waals surface area contributed by atoms with Crippen molar-refractivity contribution >= 4 is 11.9 Å². The SMILES string of the molecule is CN=C(NCC1CCCN1Cc1ccccc1)N(C)CC(=O)NC(C)(C)C. The first-order chi connectivity index (χ1) is 12.8. The summed E-state index contributed by atoms with van der Waals surface area (Å²) in [7, 11) is 3.66. The molecule has 150 valence electrons. The summed E-state index contributed by atoms with van der Waals surface area (Å²) in [6.45, 7) is 9.19. The number of amides is 1. The lowest BCUT2D eigenvalue weighted by atomic mass is 10.1. The van der Waals surface area contributed by atoms with Crippen molar-refractivity contribution in [1.29, 1.82) is 0 Å². The quantitative estimate of drug-likeness (QED) is 0.592. The summed E-state index contributed by atoms with van der Waals surface area (Å²) in [5.41, 5.74) is 1.13. The molecule has 1 aromatic carbocycles. The molecule has 0 aromatic heterocycles. The summed E-state index contributed by atoms with van der Waals surface area (Å²) in [5, 5.41) is 6.44. The molecule has 1 aliphatic heterocycles. The lowest BCUT2D eigenvalue weighted by molar-refractivity contribution is -0.122. The largest absolute Gasteiger partial charge is 0.355 e. The molecular weight excluding hydrogens is 338 g/mol. The number of nitrogens with one attached hydrogen (secondary N) is 2. The van der Waals surface area contributed by atoms with E-state index in [0.717, 1.165) is 25.6 Å². The van der Waals surface area contributed by atoms with E-state index in [1.807, 2.05) is 32.7 Å². The smallest absolute Gasteiger partial charge is 0.240 e. The molecule has 0 radical (unpaired) electrons. The molecule has 1 atom stereocenters. The number of aliphatic imine (C=N–C) groups is 1. The van der Waals surface area contributed by atoms with Crippen molar-refractivity contribution in [3.8, 4) is 0 Å². The second-order valence-electron chi connectivity index (χ2n) is 8.33. The van der Waals surface area contributed by atoms with E-state index in [1.54, 1.807) is 7.05 Å². The molecule has 0 saturated carbocycles. The zero-order valence-electron chi connectivity index (χ0n) is 17.5. The van der Waals surface area contributed by atoms with Crippen LogP contribution in [0.3, 0.4) is 0 Å². The minimum atomic E-state index is -0.226. The molecule has 2 rings (SSSR count). The molecule has 1 fully saturated rings. The van der Waals surface area contributed by atoms with Gasteiger partial charge < -0.3 is 15.5 Å². The van der Waals surface area contributed by atoms with Gasteiger partial charge in [-0.05, 0) is 45.7 Å². The maximum absolute atomic E-state index is 12.2. The number of carbonyl (C=O) groups excluding carboxylic acids is 1. The highest BCUT2D eigenvalue weighted by molar-refractivity contribution is 5.86. The number of carbonyl (C=O) groups is 1. The van der Waals surface area contributed by atoms with Crippen molar-refractivity contribution in [3.05, 3.63) is 35.9 Å². The molecule has 0 bridgehead atoms. The van der Waals surface area contributed by atoms with Gasteiger partial charge in [0.1, 0.15) is 0 Å². The number of guanidine groups is 1. The first kappa shape index (κ1) is 21.2. The Morgan fingerprint density at radius 2 is 2.00 bits per heavy atom. The second kappa shape index (κ2) is 9.74. The van der Waals surface area contributed by atoms with Gasteiger partial charge in [0, 0.05) is 38.8 Å². The van der Waals surface area contributed by atoms with Crippen LogP contribution in [0.1, 0.15) is 39.2 Å². The van der Waals surface area contributed by atoms with E-state index in [1.165, 1.54) is 18.4 Å². The predicted octanol–water partition coefficient (Wildman–Crippen LogP) is 2.07. The highest BCUT2D eigenvalue weighted by Crippen LogP contribution is 2.19. The van der Waals surface area contributed by atoms with Crippen LogP contribution in [0, 0.1) is 0 Å². The molecule has 0 aliphatic carbocycles. The summed E-state index contributed by atoms with van der Waals surface area (Å²) >= 11 is 0. The van der Waals surface area contributed by atoms with Gasteiger partial charge in [0.05, 0.1) is 6.54 Å². The van der Waals surface area contributed by atoms with Crippen molar-refractivity contribution in [3.63, 3.8) is 0 Å². The zero-order valence-corrected chi connectivity index (χ0v) is 17.5. The van der Waals surface area contributed by atoms with Gasteiger partial charge in [-0.1, -0.05) is 30.3 Å². The molecule has 27 heavy (non-hydrogen) atoms. The molecule has 1 amide bonds. The Morgan fingerprint density at radius 1 is 1.30 bits per heavy atom. The molecule has 1 saturated heterocycles. The molecule has 1 aromatic rings. The minimum Gasteiger partial charge on any atom is -0.355 e. The molecule has 2 N–H and O–H groups in total. The van der Waals surface area contributed by atoms with E-state index < -0.39 is 0 Å². The first-order valence-corrected chi connectivity index (χ1v) is 9.79. The van der Waals surface area contributed by atoms with Crippen LogP contribution in [0.2, 0.25) is 0 Å². The third-order valence-electron chi connectivity index (χ3n) is 4.69. The van der Waals surface area contributed by atoms with Crippen molar-refractivity contribution < 1.29 is 4.79 Å². The second-order valence-corrected chi connectivity index (χ2v) is 8.33. The maximum atomic E-state index is 12.2. The fourth-order valence-electron chi connectivity index (χ4n) is 3.49. The van der Waals surface area contributed by atoms with Crippen LogP contribution < -0.4 is 10.6 Å². The van der Waals surface area contributed by atoms with Gasteiger partial charge >= 0.3 is 0 Å². The van der Waals surface area contributed by atoms with E-state index in [0.29, 0.717) is 6.04 Å². The number of likely N-dealkylation sites (N-methyl/N-ethyl adjacent to an activating group) is 1. The average molecular weight is 374 g/mol. The molecule has 6 nitrogen and oxygen atoms in total. The van der Waals surface area contributed by atoms with Crippen LogP contribution in [-0.4, -0.2) is 67.0 Å². The number of hydrogen-bond acceptors (Lipinski definition) is 3. The van der Waals surface area contributed by atoms with Crippen LogP contribution in [0.25, 0.3) is 0 Å². The number of nitrogens with zero attached hydrogens (tertiary/aromatic N) is 3. The zero-order chi connectivity index (χ0) is 19.9. The third-order valence-corrected chi connectivity index (χ3v) is 4.69. The number of hydrogen-bond donors (Lipinski definition) is 2. The van der Waals surface area contributed by atoms with Gasteiger partial charge in [-0.2, -0.15) is 0 Å². The standard InChI is InChI=1S/C21H35N5O/c1-21(2,3)24-19(27)16-25(5)20(22-4)23-14-18-12-9-13-26(18)15-17-10-7-6-8-11-17/h6-8,10-11,18H,9,12-16H2,1-5H3,(H,22,23)(H,24,27). The van der Waals surface area contributed by atoms with E-state index in [4.69, 9.17) is 0 Å². The van der Waals surface area contributed by atoms with Crippen LogP contribution in [0.4, 0.5) is 0 Å². The molecule has 1 aliphatic rings. The average Bonchev–Trinajstić information content (AvgIpc) is 3.01. The highest BCUT2D eigenvalue weighted by atomic mass is 16.2. The monoisotopic (exact) mass is 373 g/mol. The minimum absolute atomic E-state index is 0.000444. The fraction of sp³-hybridized carbons (Fsp3) is 0.619.